The number of aromatic nitrogens is 3. The van der Waals surface area contributed by atoms with Crippen LogP contribution in [0.5, 0.6) is 0 Å². The number of hydrogen-bond donors (Lipinski definition) is 2. The molecule has 0 spiro atoms. The molecule has 0 aromatic carbocycles. The van der Waals surface area contributed by atoms with Gasteiger partial charge in [-0.25, -0.2) is 15.0 Å². The van der Waals surface area contributed by atoms with Crippen LogP contribution >= 0.6 is 11.3 Å². The number of hydrogen-bond acceptors (Lipinski definition) is 9. The van der Waals surface area contributed by atoms with Crippen molar-refractivity contribution >= 4 is 43.4 Å². The van der Waals surface area contributed by atoms with Crippen molar-refractivity contribution in [1.29, 1.82) is 0 Å². The van der Waals surface area contributed by atoms with Crippen LogP contribution in [0.1, 0.15) is 31.9 Å². The van der Waals surface area contributed by atoms with Crippen molar-refractivity contribution < 1.29 is 14.6 Å². The number of pyridine rings is 1. The Balaban J connectivity index is 1.72. The smallest absolute Gasteiger partial charge is 0.147 e. The molecule has 0 unspecified atom stereocenters. The van der Waals surface area contributed by atoms with Crippen molar-refractivity contribution in [2.75, 3.05) is 43.1 Å². The van der Waals surface area contributed by atoms with Gasteiger partial charge in [0.25, 0.3) is 0 Å². The molecule has 1 fully saturated rings. The summed E-state index contributed by atoms with van der Waals surface area (Å²) in [4.78, 5) is 17.4. The molecule has 9 heteroatoms. The zero-order chi connectivity index (χ0) is 20.9. The zero-order valence-corrected chi connectivity index (χ0v) is 18.4. The highest BCUT2D eigenvalue weighted by molar-refractivity contribution is 7.26. The van der Waals surface area contributed by atoms with Crippen LogP contribution in [-0.2, 0) is 22.5 Å². The van der Waals surface area contributed by atoms with Gasteiger partial charge in [0.1, 0.15) is 22.8 Å². The van der Waals surface area contributed by atoms with Gasteiger partial charge < -0.3 is 24.8 Å². The van der Waals surface area contributed by atoms with Gasteiger partial charge in [-0.1, -0.05) is 0 Å². The average Bonchev–Trinajstić information content (AvgIpc) is 3.11. The molecule has 2 aliphatic rings. The molecule has 5 rings (SSSR count). The van der Waals surface area contributed by atoms with Crippen molar-refractivity contribution in [3.63, 3.8) is 0 Å². The lowest BCUT2D eigenvalue weighted by atomic mass is 9.90. The van der Waals surface area contributed by atoms with Gasteiger partial charge in [-0.2, -0.15) is 0 Å². The second kappa shape index (κ2) is 7.56. The predicted molar refractivity (Wildman–Crippen MR) is 118 cm³/mol. The number of aliphatic hydroxyl groups is 1. The molecule has 2 N–H and O–H groups in total. The van der Waals surface area contributed by atoms with Crippen molar-refractivity contribution in [2.24, 2.45) is 0 Å². The monoisotopic (exact) mass is 429 g/mol. The Morgan fingerprint density at radius 3 is 2.83 bits per heavy atom. The molecule has 1 atom stereocenters. The van der Waals surface area contributed by atoms with Gasteiger partial charge in [0.05, 0.1) is 41.7 Å². The molecule has 8 nitrogen and oxygen atoms in total. The van der Waals surface area contributed by atoms with E-state index in [2.05, 4.69) is 34.0 Å². The molecule has 30 heavy (non-hydrogen) atoms. The topological polar surface area (TPSA) is 92.6 Å². The largest absolute Gasteiger partial charge is 0.392 e. The fraction of sp³-hybridized carbons (Fsp3) is 0.571. The van der Waals surface area contributed by atoms with Gasteiger partial charge in [0, 0.05) is 37.0 Å². The Morgan fingerprint density at radius 2 is 2.07 bits per heavy atom. The number of anilines is 2. The van der Waals surface area contributed by atoms with Crippen LogP contribution in [0.25, 0.3) is 20.4 Å². The number of thiophene rings is 1. The fourth-order valence-electron chi connectivity index (χ4n) is 4.20. The highest BCUT2D eigenvalue weighted by Gasteiger charge is 2.33. The van der Waals surface area contributed by atoms with E-state index in [1.165, 1.54) is 11.1 Å². The van der Waals surface area contributed by atoms with Gasteiger partial charge >= 0.3 is 0 Å². The van der Waals surface area contributed by atoms with E-state index in [9.17, 15) is 5.11 Å². The lowest BCUT2D eigenvalue weighted by molar-refractivity contribution is -0.0396. The summed E-state index contributed by atoms with van der Waals surface area (Å²) in [5.41, 5.74) is 3.14. The molecule has 2 aliphatic heterocycles. The minimum absolute atomic E-state index is 0.238. The third-order valence-electron chi connectivity index (χ3n) is 5.68. The van der Waals surface area contributed by atoms with Crippen LogP contribution in [0.4, 0.5) is 11.6 Å². The highest BCUT2D eigenvalue weighted by Crippen LogP contribution is 2.44. The number of nitrogens with zero attached hydrogens (tertiary/aromatic N) is 4. The first kappa shape index (κ1) is 19.9. The summed E-state index contributed by atoms with van der Waals surface area (Å²) < 4.78 is 12.7. The third kappa shape index (κ3) is 3.49. The fourth-order valence-corrected chi connectivity index (χ4v) is 5.32. The maximum absolute atomic E-state index is 9.68. The Hall–Kier alpha value is -2.07. The molecule has 3 aromatic rings. The molecule has 5 heterocycles. The van der Waals surface area contributed by atoms with Crippen LogP contribution in [0.15, 0.2) is 6.33 Å². The second-order valence-corrected chi connectivity index (χ2v) is 9.63. The lowest BCUT2D eigenvalue weighted by Gasteiger charge is -2.36. The summed E-state index contributed by atoms with van der Waals surface area (Å²) in [6.45, 7) is 10.1. The number of morpholine rings is 1. The van der Waals surface area contributed by atoms with E-state index >= 15 is 0 Å². The second-order valence-electron chi connectivity index (χ2n) is 8.63. The molecule has 160 valence electrons. The van der Waals surface area contributed by atoms with E-state index in [4.69, 9.17) is 14.5 Å². The highest BCUT2D eigenvalue weighted by atomic mass is 32.1. The zero-order valence-electron chi connectivity index (χ0n) is 17.6. The van der Waals surface area contributed by atoms with Gasteiger partial charge in [0.2, 0.25) is 0 Å². The molecule has 0 bridgehead atoms. The van der Waals surface area contributed by atoms with E-state index in [-0.39, 0.29) is 5.60 Å². The van der Waals surface area contributed by atoms with Gasteiger partial charge in [-0.05, 0) is 26.3 Å². The summed E-state index contributed by atoms with van der Waals surface area (Å²) >= 11 is 1.61. The van der Waals surface area contributed by atoms with E-state index in [0.717, 1.165) is 51.6 Å². The normalized spacial score (nSPS) is 19.8. The van der Waals surface area contributed by atoms with E-state index in [0.29, 0.717) is 26.4 Å². The van der Waals surface area contributed by atoms with E-state index < -0.39 is 6.10 Å². The van der Waals surface area contributed by atoms with Gasteiger partial charge in [0.15, 0.2) is 0 Å². The van der Waals surface area contributed by atoms with Gasteiger partial charge in [-0.15, -0.1) is 11.3 Å². The summed E-state index contributed by atoms with van der Waals surface area (Å²) in [5.74, 6) is 1.76. The molecular weight excluding hydrogens is 402 g/mol. The minimum atomic E-state index is -0.457. The number of fused-ring (bicyclic) bond motifs is 5. The summed E-state index contributed by atoms with van der Waals surface area (Å²) in [5, 5.41) is 14.0. The van der Waals surface area contributed by atoms with Crippen molar-refractivity contribution in [1.82, 2.24) is 15.0 Å². The van der Waals surface area contributed by atoms with E-state index in [1.54, 1.807) is 24.6 Å². The Morgan fingerprint density at radius 1 is 1.27 bits per heavy atom. The Kier molecular flexibility index (Phi) is 5.01. The number of nitrogens with one attached hydrogen (secondary N) is 1. The number of aliphatic hydroxyl groups excluding tert-OH is 1. The molecule has 0 saturated carbocycles. The summed E-state index contributed by atoms with van der Waals surface area (Å²) in [6.07, 6.45) is 1.94. The van der Waals surface area contributed by atoms with Crippen molar-refractivity contribution in [3.8, 4) is 0 Å². The van der Waals surface area contributed by atoms with Gasteiger partial charge in [-0.3, -0.25) is 0 Å². The average molecular weight is 430 g/mol. The standard InChI is InChI=1S/C21H27N5O3S/c1-12(27)9-22-18-17-16(23-11-24-18)15-13-8-21(2,3)29-10-14(13)19(25-20(15)30-17)26-4-6-28-7-5-26/h11-12,27H,4-10H2,1-3H3,(H,22,23,24)/t12-/m0/s1. The quantitative estimate of drug-likeness (QED) is 0.654. The lowest BCUT2D eigenvalue weighted by Crippen LogP contribution is -2.39. The van der Waals surface area contributed by atoms with Crippen molar-refractivity contribution in [2.45, 2.75) is 45.5 Å². The third-order valence-corrected chi connectivity index (χ3v) is 6.76. The van der Waals surface area contributed by atoms with Crippen LogP contribution in [0.3, 0.4) is 0 Å². The maximum Gasteiger partial charge on any atom is 0.147 e. The Labute approximate surface area is 179 Å². The summed E-state index contributed by atoms with van der Waals surface area (Å²) in [6, 6.07) is 0. The minimum Gasteiger partial charge on any atom is -0.392 e. The van der Waals surface area contributed by atoms with E-state index in [1.807, 2.05) is 0 Å². The van der Waals surface area contributed by atoms with Crippen LogP contribution in [-0.4, -0.2) is 64.6 Å². The van der Waals surface area contributed by atoms with Crippen molar-refractivity contribution in [3.05, 3.63) is 17.5 Å². The maximum atomic E-state index is 9.68. The molecule has 1 saturated heterocycles. The molecule has 0 amide bonds. The predicted octanol–water partition coefficient (Wildman–Crippen LogP) is 2.72. The number of ether oxygens (including phenoxy) is 2. The van der Waals surface area contributed by atoms with Crippen LogP contribution in [0, 0.1) is 0 Å². The Bertz CT molecular complexity index is 1090. The SMILES string of the molecule is C[C@H](O)CNc1ncnc2c1sc1nc(N3CCOCC3)c3c(c12)CC(C)(C)OC3. The van der Waals surface area contributed by atoms with Crippen LogP contribution < -0.4 is 10.2 Å². The first-order valence-corrected chi connectivity index (χ1v) is 11.2. The van der Waals surface area contributed by atoms with Crippen LogP contribution in [0.2, 0.25) is 0 Å². The molecular formula is C21H27N5O3S. The molecule has 0 radical (unpaired) electrons. The number of rotatable bonds is 4. The first-order chi connectivity index (χ1) is 14.4. The molecule has 3 aromatic heterocycles. The first-order valence-electron chi connectivity index (χ1n) is 10.4. The summed E-state index contributed by atoms with van der Waals surface area (Å²) in [7, 11) is 0. The molecule has 0 aliphatic carbocycles.